The minimum absolute atomic E-state index is 0.196. The zero-order valence-corrected chi connectivity index (χ0v) is 10.0. The number of aliphatic hydroxyl groups is 1. The molecule has 2 aromatic rings. The number of aliphatic hydroxyl groups excluding tert-OH is 1. The molecule has 4 heteroatoms. The Morgan fingerprint density at radius 1 is 1.11 bits per heavy atom. The van der Waals surface area contributed by atoms with Crippen LogP contribution in [0.2, 0.25) is 0 Å². The van der Waals surface area contributed by atoms with E-state index in [0.29, 0.717) is 5.92 Å². The SMILES string of the molecule is O=c1[nH]c2ccc(C(O)C3CC4CC4C3)cc2[nH]1. The number of nitrogens with one attached hydrogen (secondary N) is 2. The monoisotopic (exact) mass is 244 g/mol. The maximum atomic E-state index is 11.2. The van der Waals surface area contributed by atoms with E-state index >= 15 is 0 Å². The van der Waals surface area contributed by atoms with Gasteiger partial charge in [0.2, 0.25) is 0 Å². The van der Waals surface area contributed by atoms with Gasteiger partial charge in [-0.15, -0.1) is 0 Å². The molecule has 0 aliphatic heterocycles. The highest BCUT2D eigenvalue weighted by Crippen LogP contribution is 2.57. The molecule has 2 saturated carbocycles. The van der Waals surface area contributed by atoms with Crippen LogP contribution in [-0.4, -0.2) is 15.1 Å². The number of aromatic amines is 2. The predicted molar refractivity (Wildman–Crippen MR) is 68.2 cm³/mol. The number of hydrogen-bond donors (Lipinski definition) is 3. The lowest BCUT2D eigenvalue weighted by molar-refractivity contribution is 0.104. The molecule has 0 saturated heterocycles. The highest BCUT2D eigenvalue weighted by atomic mass is 16.3. The fourth-order valence-corrected chi connectivity index (χ4v) is 3.53. The molecule has 3 unspecified atom stereocenters. The molecular weight excluding hydrogens is 228 g/mol. The molecule has 2 aliphatic carbocycles. The number of rotatable bonds is 2. The van der Waals surface area contributed by atoms with E-state index in [1.807, 2.05) is 18.2 Å². The number of fused-ring (bicyclic) bond motifs is 2. The molecule has 1 heterocycles. The van der Waals surface area contributed by atoms with Crippen molar-refractivity contribution in [2.24, 2.45) is 17.8 Å². The second-order valence-corrected chi connectivity index (χ2v) is 5.82. The van der Waals surface area contributed by atoms with E-state index < -0.39 is 0 Å². The van der Waals surface area contributed by atoms with Crippen LogP contribution in [0.15, 0.2) is 23.0 Å². The Labute approximate surface area is 104 Å². The Kier molecular flexibility index (Phi) is 2.01. The molecular formula is C14H16N2O2. The predicted octanol–water partition coefficient (Wildman–Crippen LogP) is 1.94. The first kappa shape index (κ1) is 10.4. The fourth-order valence-electron chi connectivity index (χ4n) is 3.53. The van der Waals surface area contributed by atoms with Crippen LogP contribution in [0.3, 0.4) is 0 Å². The van der Waals surface area contributed by atoms with E-state index in [-0.39, 0.29) is 11.8 Å². The maximum absolute atomic E-state index is 11.2. The Morgan fingerprint density at radius 3 is 2.61 bits per heavy atom. The molecule has 0 spiro atoms. The summed E-state index contributed by atoms with van der Waals surface area (Å²) in [6.07, 6.45) is 3.30. The van der Waals surface area contributed by atoms with Gasteiger partial charge in [-0.2, -0.15) is 0 Å². The van der Waals surface area contributed by atoms with Gasteiger partial charge < -0.3 is 15.1 Å². The molecule has 2 aliphatic rings. The number of aromatic nitrogens is 2. The smallest absolute Gasteiger partial charge is 0.323 e. The molecule has 4 rings (SSSR count). The van der Waals surface area contributed by atoms with E-state index in [0.717, 1.165) is 41.3 Å². The van der Waals surface area contributed by atoms with Crippen LogP contribution in [0.4, 0.5) is 0 Å². The van der Waals surface area contributed by atoms with Crippen LogP contribution in [-0.2, 0) is 0 Å². The largest absolute Gasteiger partial charge is 0.388 e. The first-order valence-corrected chi connectivity index (χ1v) is 6.61. The zero-order valence-electron chi connectivity index (χ0n) is 10.0. The lowest BCUT2D eigenvalue weighted by atomic mass is 9.91. The first-order chi connectivity index (χ1) is 8.70. The molecule has 0 radical (unpaired) electrons. The van der Waals surface area contributed by atoms with Crippen LogP contribution in [0.25, 0.3) is 11.0 Å². The van der Waals surface area contributed by atoms with Crippen molar-refractivity contribution >= 4 is 11.0 Å². The molecule has 0 amide bonds. The van der Waals surface area contributed by atoms with Gasteiger partial charge in [0.15, 0.2) is 0 Å². The van der Waals surface area contributed by atoms with Crippen molar-refractivity contribution in [1.82, 2.24) is 9.97 Å². The topological polar surface area (TPSA) is 68.9 Å². The van der Waals surface area contributed by atoms with Crippen LogP contribution in [0.1, 0.15) is 30.9 Å². The molecule has 1 aromatic heterocycles. The Hall–Kier alpha value is -1.55. The van der Waals surface area contributed by atoms with Crippen molar-refractivity contribution in [3.63, 3.8) is 0 Å². The number of hydrogen-bond acceptors (Lipinski definition) is 2. The maximum Gasteiger partial charge on any atom is 0.323 e. The lowest BCUT2D eigenvalue weighted by Crippen LogP contribution is -2.10. The van der Waals surface area contributed by atoms with Crippen LogP contribution >= 0.6 is 0 Å². The van der Waals surface area contributed by atoms with E-state index in [1.165, 1.54) is 6.42 Å². The second-order valence-electron chi connectivity index (χ2n) is 5.82. The summed E-state index contributed by atoms with van der Waals surface area (Å²) >= 11 is 0. The third-order valence-corrected chi connectivity index (χ3v) is 4.61. The third kappa shape index (κ3) is 1.52. The molecule has 3 atom stereocenters. The van der Waals surface area contributed by atoms with E-state index in [4.69, 9.17) is 0 Å². The van der Waals surface area contributed by atoms with Crippen molar-refractivity contribution in [3.05, 3.63) is 34.2 Å². The van der Waals surface area contributed by atoms with E-state index in [2.05, 4.69) is 9.97 Å². The van der Waals surface area contributed by atoms with Gasteiger partial charge in [0.1, 0.15) is 0 Å². The second kappa shape index (κ2) is 3.48. The van der Waals surface area contributed by atoms with Crippen molar-refractivity contribution in [1.29, 1.82) is 0 Å². The van der Waals surface area contributed by atoms with Gasteiger partial charge in [0, 0.05) is 0 Å². The number of H-pyrrole nitrogens is 2. The van der Waals surface area contributed by atoms with Gasteiger partial charge in [0.25, 0.3) is 0 Å². The zero-order chi connectivity index (χ0) is 12.3. The van der Waals surface area contributed by atoms with Crippen molar-refractivity contribution in [3.8, 4) is 0 Å². The summed E-state index contributed by atoms with van der Waals surface area (Å²) in [6, 6.07) is 5.67. The Bertz CT molecular complexity index is 647. The molecule has 0 bridgehead atoms. The first-order valence-electron chi connectivity index (χ1n) is 6.61. The third-order valence-electron chi connectivity index (χ3n) is 4.61. The highest BCUT2D eigenvalue weighted by Gasteiger charge is 2.47. The Balaban J connectivity index is 1.66. The van der Waals surface area contributed by atoms with Crippen molar-refractivity contribution in [2.75, 3.05) is 0 Å². The molecule has 94 valence electrons. The van der Waals surface area contributed by atoms with E-state index in [9.17, 15) is 9.90 Å². The minimum atomic E-state index is -0.388. The standard InChI is InChI=1S/C14H16N2O2/c17-13(10-4-8-3-9(8)5-10)7-1-2-11-12(6-7)16-14(18)15-11/h1-2,6,8-10,13,17H,3-5H2,(H2,15,16,18). The summed E-state index contributed by atoms with van der Waals surface area (Å²) in [5.74, 6) is 2.15. The van der Waals surface area contributed by atoms with Crippen LogP contribution in [0, 0.1) is 17.8 Å². The van der Waals surface area contributed by atoms with Crippen molar-refractivity contribution < 1.29 is 5.11 Å². The average molecular weight is 244 g/mol. The van der Waals surface area contributed by atoms with Gasteiger partial charge in [-0.3, -0.25) is 0 Å². The molecule has 3 N–H and O–H groups in total. The van der Waals surface area contributed by atoms with Gasteiger partial charge in [-0.25, -0.2) is 4.79 Å². The molecule has 4 nitrogen and oxygen atoms in total. The number of benzene rings is 1. The summed E-state index contributed by atoms with van der Waals surface area (Å²) < 4.78 is 0. The van der Waals surface area contributed by atoms with Gasteiger partial charge in [-0.05, 0) is 54.7 Å². The summed E-state index contributed by atoms with van der Waals surface area (Å²) in [5, 5.41) is 10.4. The van der Waals surface area contributed by atoms with Gasteiger partial charge in [-0.1, -0.05) is 6.07 Å². The summed E-state index contributed by atoms with van der Waals surface area (Å²) in [4.78, 5) is 16.7. The van der Waals surface area contributed by atoms with Crippen LogP contribution in [0.5, 0.6) is 0 Å². The van der Waals surface area contributed by atoms with Gasteiger partial charge >= 0.3 is 5.69 Å². The van der Waals surface area contributed by atoms with Gasteiger partial charge in [0.05, 0.1) is 17.1 Å². The van der Waals surface area contributed by atoms with Crippen LogP contribution < -0.4 is 5.69 Å². The Morgan fingerprint density at radius 2 is 1.83 bits per heavy atom. The lowest BCUT2D eigenvalue weighted by Gasteiger charge is -2.19. The number of imidazole rings is 1. The fraction of sp³-hybridized carbons (Fsp3) is 0.500. The minimum Gasteiger partial charge on any atom is -0.388 e. The molecule has 2 fully saturated rings. The normalized spacial score (nSPS) is 31.5. The molecule has 1 aromatic carbocycles. The highest BCUT2D eigenvalue weighted by molar-refractivity contribution is 5.75. The summed E-state index contributed by atoms with van der Waals surface area (Å²) in [6.45, 7) is 0. The quantitative estimate of drug-likeness (QED) is 0.755. The van der Waals surface area contributed by atoms with Crippen molar-refractivity contribution in [2.45, 2.75) is 25.4 Å². The van der Waals surface area contributed by atoms with E-state index in [1.54, 1.807) is 0 Å². The molecule has 18 heavy (non-hydrogen) atoms. The average Bonchev–Trinajstić information content (AvgIpc) is 2.82. The summed E-state index contributed by atoms with van der Waals surface area (Å²) in [7, 11) is 0. The summed E-state index contributed by atoms with van der Waals surface area (Å²) in [5.41, 5.74) is 2.30.